The molecule has 1 fully saturated rings. The van der Waals surface area contributed by atoms with Crippen LogP contribution in [-0.4, -0.2) is 14.9 Å². The standard InChI is InChI=1S/C20H24N2O2/c1-14-11-12-21-22(20(14)24)13-16-7-9-18(10-8-16)19(15(2)23)17-5-3-4-6-17/h7-12,17,19,23H,2-6,13H2,1H3. The van der Waals surface area contributed by atoms with E-state index in [4.69, 9.17) is 0 Å². The van der Waals surface area contributed by atoms with Gasteiger partial charge in [-0.15, -0.1) is 0 Å². The molecular weight excluding hydrogens is 300 g/mol. The van der Waals surface area contributed by atoms with E-state index in [1.165, 1.54) is 17.5 Å². The van der Waals surface area contributed by atoms with Gasteiger partial charge < -0.3 is 5.11 Å². The molecule has 2 aromatic rings. The molecule has 4 nitrogen and oxygen atoms in total. The van der Waals surface area contributed by atoms with E-state index < -0.39 is 0 Å². The predicted octanol–water partition coefficient (Wildman–Crippen LogP) is 3.95. The minimum Gasteiger partial charge on any atom is -0.512 e. The lowest BCUT2D eigenvalue weighted by Crippen LogP contribution is -2.24. The SMILES string of the molecule is C=C(O)C(c1ccc(Cn2nccc(C)c2=O)cc1)C1CCCC1. The summed E-state index contributed by atoms with van der Waals surface area (Å²) in [6.07, 6.45) is 6.41. The maximum atomic E-state index is 12.1. The van der Waals surface area contributed by atoms with Gasteiger partial charge >= 0.3 is 0 Å². The molecule has 0 spiro atoms. The highest BCUT2D eigenvalue weighted by Crippen LogP contribution is 2.40. The van der Waals surface area contributed by atoms with Crippen molar-refractivity contribution < 1.29 is 5.11 Å². The van der Waals surface area contributed by atoms with Crippen LogP contribution in [0.4, 0.5) is 0 Å². The topological polar surface area (TPSA) is 55.1 Å². The first kappa shape index (κ1) is 16.5. The number of allylic oxidation sites excluding steroid dienone is 1. The molecule has 0 radical (unpaired) electrons. The first-order chi connectivity index (χ1) is 11.6. The van der Waals surface area contributed by atoms with Gasteiger partial charge in [-0.2, -0.15) is 5.10 Å². The number of aliphatic hydroxyl groups excluding tert-OH is 1. The number of aliphatic hydroxyl groups is 1. The third kappa shape index (κ3) is 3.42. The summed E-state index contributed by atoms with van der Waals surface area (Å²) in [6.45, 7) is 6.04. The largest absolute Gasteiger partial charge is 0.512 e. The van der Waals surface area contributed by atoms with Crippen molar-refractivity contribution in [3.8, 4) is 0 Å². The quantitative estimate of drug-likeness (QED) is 0.847. The van der Waals surface area contributed by atoms with E-state index in [0.717, 1.165) is 24.0 Å². The summed E-state index contributed by atoms with van der Waals surface area (Å²) in [5.74, 6) is 0.752. The average Bonchev–Trinajstić information content (AvgIpc) is 3.07. The first-order valence-corrected chi connectivity index (χ1v) is 8.55. The Morgan fingerprint density at radius 2 is 1.96 bits per heavy atom. The summed E-state index contributed by atoms with van der Waals surface area (Å²) in [7, 11) is 0. The average molecular weight is 324 g/mol. The molecule has 4 heteroatoms. The number of nitrogens with zero attached hydrogens (tertiary/aromatic N) is 2. The Balaban J connectivity index is 1.80. The summed E-state index contributed by atoms with van der Waals surface area (Å²) in [6, 6.07) is 9.83. The van der Waals surface area contributed by atoms with Crippen molar-refractivity contribution in [3.05, 3.63) is 75.9 Å². The molecular formula is C20H24N2O2. The monoisotopic (exact) mass is 324 g/mol. The van der Waals surface area contributed by atoms with E-state index >= 15 is 0 Å². The summed E-state index contributed by atoms with van der Waals surface area (Å²) in [5, 5.41) is 14.2. The zero-order valence-electron chi connectivity index (χ0n) is 14.1. The molecule has 0 amide bonds. The second-order valence-corrected chi connectivity index (χ2v) is 6.73. The zero-order chi connectivity index (χ0) is 17.1. The van der Waals surface area contributed by atoms with Crippen molar-refractivity contribution in [2.75, 3.05) is 0 Å². The molecule has 126 valence electrons. The van der Waals surface area contributed by atoms with Gasteiger partial charge in [-0.05, 0) is 42.9 Å². The molecule has 1 heterocycles. The van der Waals surface area contributed by atoms with Crippen molar-refractivity contribution in [2.45, 2.75) is 45.1 Å². The Hall–Kier alpha value is -2.36. The minimum atomic E-state index is -0.0610. The lowest BCUT2D eigenvalue weighted by Gasteiger charge is -2.23. The van der Waals surface area contributed by atoms with E-state index in [1.807, 2.05) is 24.3 Å². The van der Waals surface area contributed by atoms with Gasteiger partial charge in [0.15, 0.2) is 0 Å². The summed E-state index contributed by atoms with van der Waals surface area (Å²) >= 11 is 0. The zero-order valence-corrected chi connectivity index (χ0v) is 14.1. The fourth-order valence-electron chi connectivity index (χ4n) is 3.70. The Bertz CT molecular complexity index is 771. The van der Waals surface area contributed by atoms with Crippen LogP contribution in [0.3, 0.4) is 0 Å². The van der Waals surface area contributed by atoms with Gasteiger partial charge in [0.2, 0.25) is 0 Å². The molecule has 1 aromatic carbocycles. The van der Waals surface area contributed by atoms with E-state index in [9.17, 15) is 9.90 Å². The Morgan fingerprint density at radius 1 is 1.29 bits per heavy atom. The summed E-state index contributed by atoms with van der Waals surface area (Å²) < 4.78 is 1.48. The third-order valence-electron chi connectivity index (χ3n) is 5.00. The van der Waals surface area contributed by atoms with E-state index in [1.54, 1.807) is 19.2 Å². The molecule has 0 bridgehead atoms. The molecule has 24 heavy (non-hydrogen) atoms. The second-order valence-electron chi connectivity index (χ2n) is 6.73. The van der Waals surface area contributed by atoms with Gasteiger partial charge in [0.05, 0.1) is 12.3 Å². The van der Waals surface area contributed by atoms with Gasteiger partial charge in [0.1, 0.15) is 0 Å². The van der Waals surface area contributed by atoms with Crippen LogP contribution in [0.1, 0.15) is 48.3 Å². The molecule has 1 atom stereocenters. The highest BCUT2D eigenvalue weighted by atomic mass is 16.3. The maximum Gasteiger partial charge on any atom is 0.269 e. The highest BCUT2D eigenvalue weighted by Gasteiger charge is 2.28. The van der Waals surface area contributed by atoms with Crippen LogP contribution < -0.4 is 5.56 Å². The van der Waals surface area contributed by atoms with Crippen LogP contribution in [0.5, 0.6) is 0 Å². The fourth-order valence-corrected chi connectivity index (χ4v) is 3.70. The molecule has 0 aliphatic heterocycles. The van der Waals surface area contributed by atoms with Crippen molar-refractivity contribution in [3.63, 3.8) is 0 Å². The van der Waals surface area contributed by atoms with E-state index in [2.05, 4.69) is 11.7 Å². The van der Waals surface area contributed by atoms with Gasteiger partial charge in [-0.25, -0.2) is 4.68 Å². The lowest BCUT2D eigenvalue weighted by atomic mass is 9.83. The Kier molecular flexibility index (Phi) is 4.84. The van der Waals surface area contributed by atoms with Crippen LogP contribution in [0.25, 0.3) is 0 Å². The van der Waals surface area contributed by atoms with Gasteiger partial charge in [-0.3, -0.25) is 4.79 Å². The number of aromatic nitrogens is 2. The van der Waals surface area contributed by atoms with E-state index in [-0.39, 0.29) is 17.2 Å². The molecule has 1 aromatic heterocycles. The predicted molar refractivity (Wildman–Crippen MR) is 95.2 cm³/mol. The van der Waals surface area contributed by atoms with Crippen molar-refractivity contribution in [2.24, 2.45) is 5.92 Å². The third-order valence-corrected chi connectivity index (χ3v) is 5.00. The summed E-state index contributed by atoms with van der Waals surface area (Å²) in [4.78, 5) is 12.1. The van der Waals surface area contributed by atoms with Crippen molar-refractivity contribution in [1.82, 2.24) is 9.78 Å². The Labute approximate surface area is 142 Å². The number of benzene rings is 1. The van der Waals surface area contributed by atoms with Crippen LogP contribution >= 0.6 is 0 Å². The molecule has 3 rings (SSSR count). The smallest absolute Gasteiger partial charge is 0.269 e. The first-order valence-electron chi connectivity index (χ1n) is 8.55. The second kappa shape index (κ2) is 7.04. The number of aryl methyl sites for hydroxylation is 1. The molecule has 1 saturated carbocycles. The maximum absolute atomic E-state index is 12.1. The molecule has 0 saturated heterocycles. The molecule has 1 aliphatic rings. The van der Waals surface area contributed by atoms with Crippen molar-refractivity contribution >= 4 is 0 Å². The van der Waals surface area contributed by atoms with Gasteiger partial charge in [-0.1, -0.05) is 43.7 Å². The normalized spacial score (nSPS) is 16.2. The Morgan fingerprint density at radius 3 is 2.58 bits per heavy atom. The summed E-state index contributed by atoms with van der Waals surface area (Å²) in [5.41, 5.74) is 2.75. The molecule has 1 unspecified atom stereocenters. The van der Waals surface area contributed by atoms with Crippen LogP contribution in [0.15, 0.2) is 53.7 Å². The highest BCUT2D eigenvalue weighted by molar-refractivity contribution is 5.30. The van der Waals surface area contributed by atoms with Crippen LogP contribution in [0.2, 0.25) is 0 Å². The number of rotatable bonds is 5. The fraction of sp³-hybridized carbons (Fsp3) is 0.400. The number of hydrogen-bond acceptors (Lipinski definition) is 3. The number of hydrogen-bond donors (Lipinski definition) is 1. The van der Waals surface area contributed by atoms with Crippen molar-refractivity contribution in [1.29, 1.82) is 0 Å². The van der Waals surface area contributed by atoms with E-state index in [0.29, 0.717) is 18.0 Å². The van der Waals surface area contributed by atoms with Gasteiger partial charge in [0.25, 0.3) is 5.56 Å². The van der Waals surface area contributed by atoms with Crippen LogP contribution in [0, 0.1) is 12.8 Å². The lowest BCUT2D eigenvalue weighted by molar-refractivity contribution is 0.318. The molecule has 1 aliphatic carbocycles. The minimum absolute atomic E-state index is 0.0152. The van der Waals surface area contributed by atoms with Gasteiger partial charge in [0, 0.05) is 17.7 Å². The molecule has 1 N–H and O–H groups in total. The van der Waals surface area contributed by atoms with Crippen LogP contribution in [-0.2, 0) is 6.54 Å².